The second kappa shape index (κ2) is 5.47. The molecule has 1 heterocycles. The zero-order valence-corrected chi connectivity index (χ0v) is 11.6. The van der Waals surface area contributed by atoms with Crippen molar-refractivity contribution in [1.29, 1.82) is 0 Å². The number of methoxy groups -OCH3 is 1. The maximum absolute atomic E-state index is 10.9. The summed E-state index contributed by atoms with van der Waals surface area (Å²) in [6, 6.07) is 6.95. The Morgan fingerprint density at radius 3 is 2.81 bits per heavy atom. The number of nitrogens with zero attached hydrogens (tertiary/aromatic N) is 1. The van der Waals surface area contributed by atoms with E-state index in [0.29, 0.717) is 29.7 Å². The van der Waals surface area contributed by atoms with Crippen LogP contribution in [0.25, 0.3) is 11.3 Å². The second-order valence-corrected chi connectivity index (χ2v) is 5.09. The average molecular weight is 288 g/mol. The molecule has 6 heteroatoms. The van der Waals surface area contributed by atoms with E-state index in [-0.39, 0.29) is 5.69 Å². The van der Waals surface area contributed by atoms with Crippen LogP contribution in [-0.2, 0) is 0 Å². The smallest absolute Gasteiger partial charge is 0.353 e. The van der Waals surface area contributed by atoms with Gasteiger partial charge in [-0.05, 0) is 43.0 Å². The number of aromatic nitrogens is 2. The number of aromatic amines is 1. The molecule has 0 spiro atoms. The minimum absolute atomic E-state index is 0.0537. The number of rotatable bonds is 6. The van der Waals surface area contributed by atoms with E-state index in [0.717, 1.165) is 5.56 Å². The molecule has 0 atom stereocenters. The lowest BCUT2D eigenvalue weighted by molar-refractivity contribution is 0.0690. The van der Waals surface area contributed by atoms with Gasteiger partial charge in [-0.2, -0.15) is 5.10 Å². The monoisotopic (exact) mass is 288 g/mol. The Hall–Kier alpha value is -2.50. The van der Waals surface area contributed by atoms with Gasteiger partial charge in [0.2, 0.25) is 0 Å². The predicted octanol–water partition coefficient (Wildman–Crippen LogP) is 2.57. The SMILES string of the molecule is COc1cc(-c2cc(C(=O)O)[nH]n2)ccc1OCC1CC1. The molecular formula is C15H16N2O4. The first-order valence-corrected chi connectivity index (χ1v) is 6.77. The highest BCUT2D eigenvalue weighted by atomic mass is 16.5. The molecule has 0 bridgehead atoms. The fourth-order valence-electron chi connectivity index (χ4n) is 2.02. The van der Waals surface area contributed by atoms with E-state index in [1.165, 1.54) is 18.9 Å². The fraction of sp³-hybridized carbons (Fsp3) is 0.333. The third-order valence-electron chi connectivity index (χ3n) is 3.44. The molecule has 1 aromatic heterocycles. The number of nitrogens with one attached hydrogen (secondary N) is 1. The van der Waals surface area contributed by atoms with Crippen molar-refractivity contribution in [1.82, 2.24) is 10.2 Å². The van der Waals surface area contributed by atoms with Crippen molar-refractivity contribution in [2.24, 2.45) is 5.92 Å². The molecule has 21 heavy (non-hydrogen) atoms. The summed E-state index contributed by atoms with van der Waals surface area (Å²) in [6.07, 6.45) is 2.46. The first kappa shape index (κ1) is 13.5. The average Bonchev–Trinajstić information content (AvgIpc) is 3.18. The van der Waals surface area contributed by atoms with Crippen molar-refractivity contribution < 1.29 is 19.4 Å². The van der Waals surface area contributed by atoms with Crippen LogP contribution < -0.4 is 9.47 Å². The lowest BCUT2D eigenvalue weighted by Gasteiger charge is -2.11. The molecule has 1 aromatic carbocycles. The molecule has 3 rings (SSSR count). The van der Waals surface area contributed by atoms with E-state index in [2.05, 4.69) is 10.2 Å². The number of ether oxygens (including phenoxy) is 2. The summed E-state index contributed by atoms with van der Waals surface area (Å²) in [4.78, 5) is 10.9. The number of hydrogen-bond donors (Lipinski definition) is 2. The van der Waals surface area contributed by atoms with E-state index >= 15 is 0 Å². The van der Waals surface area contributed by atoms with Gasteiger partial charge in [-0.15, -0.1) is 0 Å². The third-order valence-corrected chi connectivity index (χ3v) is 3.44. The van der Waals surface area contributed by atoms with Crippen LogP contribution in [0.5, 0.6) is 11.5 Å². The lowest BCUT2D eigenvalue weighted by atomic mass is 10.1. The molecule has 2 aromatic rings. The number of aromatic carboxylic acids is 1. The molecule has 1 aliphatic rings. The summed E-state index contributed by atoms with van der Waals surface area (Å²) in [5.41, 5.74) is 1.38. The van der Waals surface area contributed by atoms with Crippen molar-refractivity contribution in [3.8, 4) is 22.8 Å². The van der Waals surface area contributed by atoms with Gasteiger partial charge in [0.25, 0.3) is 0 Å². The molecule has 1 saturated carbocycles. The highest BCUT2D eigenvalue weighted by Gasteiger charge is 2.22. The Balaban J connectivity index is 1.83. The molecule has 1 fully saturated rings. The standard InChI is InChI=1S/C15H16N2O4/c1-20-14-6-10(11-7-12(15(18)19)17-16-11)4-5-13(14)21-8-9-2-3-9/h4-7,9H,2-3,8H2,1H3,(H,16,17)(H,18,19). The summed E-state index contributed by atoms with van der Waals surface area (Å²) < 4.78 is 11.1. The number of carboxylic acid groups (broad SMARTS) is 1. The molecule has 6 nitrogen and oxygen atoms in total. The minimum Gasteiger partial charge on any atom is -0.493 e. The van der Waals surface area contributed by atoms with Crippen LogP contribution in [-0.4, -0.2) is 35.0 Å². The normalized spacial score (nSPS) is 14.0. The van der Waals surface area contributed by atoms with Crippen LogP contribution in [0.1, 0.15) is 23.3 Å². The zero-order chi connectivity index (χ0) is 14.8. The third kappa shape index (κ3) is 2.99. The van der Waals surface area contributed by atoms with Gasteiger partial charge in [0.15, 0.2) is 11.5 Å². The molecule has 0 saturated heterocycles. The number of hydrogen-bond acceptors (Lipinski definition) is 4. The van der Waals surface area contributed by atoms with Gasteiger partial charge in [-0.25, -0.2) is 4.79 Å². The molecule has 110 valence electrons. The summed E-state index contributed by atoms with van der Waals surface area (Å²) in [6.45, 7) is 0.710. The Labute approximate surface area is 121 Å². The zero-order valence-electron chi connectivity index (χ0n) is 11.6. The van der Waals surface area contributed by atoms with Crippen LogP contribution >= 0.6 is 0 Å². The molecular weight excluding hydrogens is 272 g/mol. The summed E-state index contributed by atoms with van der Waals surface area (Å²) in [5.74, 6) is 0.944. The second-order valence-electron chi connectivity index (χ2n) is 5.09. The maximum atomic E-state index is 10.9. The van der Waals surface area contributed by atoms with Gasteiger partial charge in [-0.3, -0.25) is 5.10 Å². The first-order chi connectivity index (χ1) is 10.2. The number of benzene rings is 1. The van der Waals surface area contributed by atoms with E-state index in [9.17, 15) is 4.79 Å². The summed E-state index contributed by atoms with van der Waals surface area (Å²) in [7, 11) is 1.58. The van der Waals surface area contributed by atoms with Crippen LogP contribution in [0.4, 0.5) is 0 Å². The summed E-state index contributed by atoms with van der Waals surface area (Å²) in [5, 5.41) is 15.4. The molecule has 0 unspecified atom stereocenters. The van der Waals surface area contributed by atoms with E-state index in [1.54, 1.807) is 13.2 Å². The Morgan fingerprint density at radius 2 is 2.19 bits per heavy atom. The van der Waals surface area contributed by atoms with E-state index < -0.39 is 5.97 Å². The quantitative estimate of drug-likeness (QED) is 0.853. The van der Waals surface area contributed by atoms with E-state index in [4.69, 9.17) is 14.6 Å². The van der Waals surface area contributed by atoms with Crippen LogP contribution in [0.2, 0.25) is 0 Å². The molecule has 0 radical (unpaired) electrons. The van der Waals surface area contributed by atoms with Gasteiger partial charge < -0.3 is 14.6 Å². The van der Waals surface area contributed by atoms with Crippen molar-refractivity contribution in [3.05, 3.63) is 30.0 Å². The van der Waals surface area contributed by atoms with Gasteiger partial charge in [-0.1, -0.05) is 0 Å². The Bertz CT molecular complexity index is 661. The van der Waals surface area contributed by atoms with Gasteiger partial charge in [0.1, 0.15) is 5.69 Å². The van der Waals surface area contributed by atoms with Gasteiger partial charge in [0, 0.05) is 5.56 Å². The number of H-pyrrole nitrogens is 1. The van der Waals surface area contributed by atoms with Crippen LogP contribution in [0.3, 0.4) is 0 Å². The largest absolute Gasteiger partial charge is 0.493 e. The van der Waals surface area contributed by atoms with Crippen LogP contribution in [0, 0.1) is 5.92 Å². The molecule has 0 amide bonds. The topological polar surface area (TPSA) is 84.4 Å². The van der Waals surface area contributed by atoms with Gasteiger partial charge >= 0.3 is 5.97 Å². The highest BCUT2D eigenvalue weighted by molar-refractivity contribution is 5.86. The van der Waals surface area contributed by atoms with Crippen LogP contribution in [0.15, 0.2) is 24.3 Å². The highest BCUT2D eigenvalue weighted by Crippen LogP contribution is 2.35. The summed E-state index contributed by atoms with van der Waals surface area (Å²) >= 11 is 0. The number of carbonyl (C=O) groups is 1. The minimum atomic E-state index is -1.04. The predicted molar refractivity (Wildman–Crippen MR) is 75.8 cm³/mol. The Morgan fingerprint density at radius 1 is 1.38 bits per heavy atom. The van der Waals surface area contributed by atoms with E-state index in [1.807, 2.05) is 12.1 Å². The lowest BCUT2D eigenvalue weighted by Crippen LogP contribution is -2.00. The maximum Gasteiger partial charge on any atom is 0.353 e. The van der Waals surface area contributed by atoms with Crippen molar-refractivity contribution in [2.75, 3.05) is 13.7 Å². The molecule has 0 aliphatic heterocycles. The molecule has 1 aliphatic carbocycles. The van der Waals surface area contributed by atoms with Gasteiger partial charge in [0.05, 0.1) is 19.4 Å². The Kier molecular flexibility index (Phi) is 3.51. The first-order valence-electron chi connectivity index (χ1n) is 6.77. The molecule has 2 N–H and O–H groups in total. The van der Waals surface area contributed by atoms with Crippen molar-refractivity contribution in [3.63, 3.8) is 0 Å². The fourth-order valence-corrected chi connectivity index (χ4v) is 2.02. The van der Waals surface area contributed by atoms with Crippen molar-refractivity contribution >= 4 is 5.97 Å². The van der Waals surface area contributed by atoms with Crippen molar-refractivity contribution in [2.45, 2.75) is 12.8 Å². The number of carboxylic acids is 1.